The van der Waals surface area contributed by atoms with E-state index in [1.54, 1.807) is 5.57 Å². The van der Waals surface area contributed by atoms with Crippen molar-refractivity contribution < 1.29 is 0 Å². The van der Waals surface area contributed by atoms with Gasteiger partial charge in [0.2, 0.25) is 0 Å². The van der Waals surface area contributed by atoms with Gasteiger partial charge in [0.15, 0.2) is 0 Å². The molecule has 12 heavy (non-hydrogen) atoms. The molecule has 0 atom stereocenters. The van der Waals surface area contributed by atoms with Crippen LogP contribution in [0.5, 0.6) is 0 Å². The molecule has 2 rings (SSSR count). The lowest BCUT2D eigenvalue weighted by Crippen LogP contribution is -1.99. The lowest BCUT2D eigenvalue weighted by molar-refractivity contribution is 0.935. The Bertz CT molecular complexity index is 313. The average molecular weight is 270 g/mol. The fraction of sp³-hybridized carbons (Fsp3) is 0.273. The van der Waals surface area contributed by atoms with Gasteiger partial charge < -0.3 is 0 Å². The minimum atomic E-state index is 1.17. The molecule has 0 fully saturated rings. The molecule has 1 heteroatoms. The van der Waals surface area contributed by atoms with Crippen LogP contribution >= 0.6 is 22.6 Å². The fourth-order valence-corrected chi connectivity index (χ4v) is 2.20. The lowest BCUT2D eigenvalue weighted by Gasteiger charge is -2.14. The van der Waals surface area contributed by atoms with E-state index in [0.717, 1.165) is 0 Å². The fourth-order valence-electron chi connectivity index (χ4n) is 1.60. The van der Waals surface area contributed by atoms with E-state index in [1.807, 2.05) is 0 Å². The third-order valence-corrected chi connectivity index (χ3v) is 3.28. The predicted molar refractivity (Wildman–Crippen MR) is 61.6 cm³/mol. The Morgan fingerprint density at radius 1 is 1.17 bits per heavy atom. The van der Waals surface area contributed by atoms with Gasteiger partial charge in [-0.2, -0.15) is 0 Å². The summed E-state index contributed by atoms with van der Waals surface area (Å²) in [7, 11) is 0. The van der Waals surface area contributed by atoms with E-state index in [9.17, 15) is 0 Å². The van der Waals surface area contributed by atoms with E-state index in [0.29, 0.717) is 0 Å². The highest BCUT2D eigenvalue weighted by Gasteiger charge is 2.07. The maximum atomic E-state index is 2.44. The van der Waals surface area contributed by atoms with Crippen molar-refractivity contribution in [3.63, 3.8) is 0 Å². The molecule has 1 aliphatic carbocycles. The molecule has 1 aliphatic rings. The zero-order valence-corrected chi connectivity index (χ0v) is 9.04. The highest BCUT2D eigenvalue weighted by atomic mass is 127. The number of hydrogen-bond acceptors (Lipinski definition) is 0. The first-order valence-corrected chi connectivity index (χ1v) is 5.76. The van der Waals surface area contributed by atoms with Crippen LogP contribution in [-0.4, -0.2) is 4.43 Å². The van der Waals surface area contributed by atoms with Gasteiger partial charge in [0.1, 0.15) is 0 Å². The molecule has 0 heterocycles. The first kappa shape index (κ1) is 8.30. The van der Waals surface area contributed by atoms with Gasteiger partial charge in [0.05, 0.1) is 0 Å². The van der Waals surface area contributed by atoms with Crippen LogP contribution in [0, 0.1) is 0 Å². The van der Waals surface area contributed by atoms with Crippen molar-refractivity contribution in [1.29, 1.82) is 0 Å². The topological polar surface area (TPSA) is 0 Å². The molecule has 0 N–H and O–H groups in total. The summed E-state index contributed by atoms with van der Waals surface area (Å²) in [6.45, 7) is 0. The standard InChI is InChI=1S/C11H11I/c12-8-9-5-6-10-3-1-2-4-11(10)7-9/h1-4,7H,5-6,8H2. The summed E-state index contributed by atoms with van der Waals surface area (Å²) in [5.74, 6) is 0. The second-order valence-electron chi connectivity index (χ2n) is 3.14. The third-order valence-electron chi connectivity index (χ3n) is 2.30. The monoisotopic (exact) mass is 270 g/mol. The maximum Gasteiger partial charge on any atom is 0.0209 e. The van der Waals surface area contributed by atoms with Crippen LogP contribution in [0.15, 0.2) is 29.8 Å². The van der Waals surface area contributed by atoms with Gasteiger partial charge in [-0.05, 0) is 24.0 Å². The number of alkyl halides is 1. The number of aryl methyl sites for hydroxylation is 1. The molecule has 0 nitrogen and oxygen atoms in total. The van der Waals surface area contributed by atoms with Crippen LogP contribution in [0.4, 0.5) is 0 Å². The van der Waals surface area contributed by atoms with Gasteiger partial charge in [-0.1, -0.05) is 58.5 Å². The zero-order chi connectivity index (χ0) is 8.39. The quantitative estimate of drug-likeness (QED) is 0.541. The summed E-state index contributed by atoms with van der Waals surface area (Å²) in [6.07, 6.45) is 4.82. The molecule has 0 aromatic heterocycles. The lowest BCUT2D eigenvalue weighted by atomic mass is 9.93. The molecule has 0 unspecified atom stereocenters. The van der Waals surface area contributed by atoms with E-state index < -0.39 is 0 Å². The number of hydrogen-bond donors (Lipinski definition) is 0. The Morgan fingerprint density at radius 3 is 2.83 bits per heavy atom. The normalized spacial score (nSPS) is 15.2. The highest BCUT2D eigenvalue weighted by molar-refractivity contribution is 14.1. The van der Waals surface area contributed by atoms with Crippen LogP contribution in [0.2, 0.25) is 0 Å². The van der Waals surface area contributed by atoms with Crippen LogP contribution in [0.1, 0.15) is 17.5 Å². The Balaban J connectivity index is 2.41. The molecule has 62 valence electrons. The van der Waals surface area contributed by atoms with Crippen LogP contribution in [0.3, 0.4) is 0 Å². The van der Waals surface area contributed by atoms with Gasteiger partial charge in [-0.25, -0.2) is 0 Å². The number of allylic oxidation sites excluding steroid dienone is 1. The van der Waals surface area contributed by atoms with Crippen molar-refractivity contribution in [2.24, 2.45) is 0 Å². The van der Waals surface area contributed by atoms with Gasteiger partial charge in [-0.3, -0.25) is 0 Å². The summed E-state index contributed by atoms with van der Waals surface area (Å²) in [5.41, 5.74) is 4.51. The molecular formula is C11H11I. The summed E-state index contributed by atoms with van der Waals surface area (Å²) in [6, 6.07) is 8.68. The molecular weight excluding hydrogens is 259 g/mol. The largest absolute Gasteiger partial charge is 0.0815 e. The molecule has 0 aliphatic heterocycles. The van der Waals surface area contributed by atoms with Crippen molar-refractivity contribution in [2.75, 3.05) is 4.43 Å². The Morgan fingerprint density at radius 2 is 2.00 bits per heavy atom. The minimum absolute atomic E-state index is 1.17. The van der Waals surface area contributed by atoms with Crippen molar-refractivity contribution >= 4 is 28.7 Å². The second kappa shape index (κ2) is 3.60. The van der Waals surface area contributed by atoms with E-state index >= 15 is 0 Å². The summed E-state index contributed by atoms with van der Waals surface area (Å²) < 4.78 is 1.17. The van der Waals surface area contributed by atoms with E-state index in [-0.39, 0.29) is 0 Å². The minimum Gasteiger partial charge on any atom is -0.0815 e. The molecule has 0 saturated carbocycles. The van der Waals surface area contributed by atoms with Crippen molar-refractivity contribution in [1.82, 2.24) is 0 Å². The average Bonchev–Trinajstić information content (AvgIpc) is 2.17. The first-order chi connectivity index (χ1) is 5.90. The molecule has 0 amide bonds. The number of halogens is 1. The molecule has 0 radical (unpaired) electrons. The number of fused-ring (bicyclic) bond motifs is 1. The third kappa shape index (κ3) is 1.56. The summed E-state index contributed by atoms with van der Waals surface area (Å²) >= 11 is 2.44. The van der Waals surface area contributed by atoms with Crippen LogP contribution in [-0.2, 0) is 6.42 Å². The Hall–Kier alpha value is -0.310. The van der Waals surface area contributed by atoms with E-state index in [1.165, 1.54) is 28.4 Å². The predicted octanol–water partition coefficient (Wildman–Crippen LogP) is 3.45. The second-order valence-corrected chi connectivity index (χ2v) is 3.90. The van der Waals surface area contributed by atoms with Crippen LogP contribution < -0.4 is 0 Å². The van der Waals surface area contributed by atoms with Gasteiger partial charge >= 0.3 is 0 Å². The number of benzene rings is 1. The maximum absolute atomic E-state index is 2.44. The molecule has 0 bridgehead atoms. The molecule has 1 aromatic rings. The van der Waals surface area contributed by atoms with Crippen molar-refractivity contribution in [2.45, 2.75) is 12.8 Å². The summed E-state index contributed by atoms with van der Waals surface area (Å²) in [5, 5.41) is 0. The SMILES string of the molecule is ICC1=Cc2ccccc2CC1. The van der Waals surface area contributed by atoms with E-state index in [4.69, 9.17) is 0 Å². The Labute approximate surface area is 86.8 Å². The first-order valence-electron chi connectivity index (χ1n) is 4.23. The van der Waals surface area contributed by atoms with Gasteiger partial charge in [0.25, 0.3) is 0 Å². The summed E-state index contributed by atoms with van der Waals surface area (Å²) in [4.78, 5) is 0. The molecule has 1 aromatic carbocycles. The zero-order valence-electron chi connectivity index (χ0n) is 6.89. The molecule has 0 spiro atoms. The van der Waals surface area contributed by atoms with Gasteiger partial charge in [0, 0.05) is 4.43 Å². The van der Waals surface area contributed by atoms with Crippen LogP contribution in [0.25, 0.3) is 6.08 Å². The molecule has 0 saturated heterocycles. The van der Waals surface area contributed by atoms with E-state index in [2.05, 4.69) is 52.9 Å². The van der Waals surface area contributed by atoms with Gasteiger partial charge in [-0.15, -0.1) is 0 Å². The smallest absolute Gasteiger partial charge is 0.0209 e. The van der Waals surface area contributed by atoms with Crippen molar-refractivity contribution in [3.05, 3.63) is 41.0 Å². The Kier molecular flexibility index (Phi) is 2.49. The number of rotatable bonds is 1. The van der Waals surface area contributed by atoms with Crippen molar-refractivity contribution in [3.8, 4) is 0 Å². The highest BCUT2D eigenvalue weighted by Crippen LogP contribution is 2.24.